The van der Waals surface area contributed by atoms with Gasteiger partial charge < -0.3 is 20.2 Å². The van der Waals surface area contributed by atoms with Crippen molar-refractivity contribution in [2.45, 2.75) is 56.1 Å². The molecule has 0 bridgehead atoms. The average Bonchev–Trinajstić information content (AvgIpc) is 3.14. The smallest absolute Gasteiger partial charge is 0.408 e. The maximum absolute atomic E-state index is 12.8. The Morgan fingerprint density at radius 1 is 1.16 bits per heavy atom. The van der Waals surface area contributed by atoms with Crippen LogP contribution in [0.3, 0.4) is 0 Å². The largest absolute Gasteiger partial charge is 0.419 e. The average molecular weight is 533 g/mol. The summed E-state index contributed by atoms with van der Waals surface area (Å²) in [5, 5.41) is 17.2. The number of carbonyl (C=O) groups is 1. The zero-order chi connectivity index (χ0) is 27.1. The molecule has 204 valence electrons. The monoisotopic (exact) mass is 532 g/mol. The molecular formula is C27H31F3N4O4. The number of likely N-dealkylation sites (tertiary alicyclic amines) is 1. The summed E-state index contributed by atoms with van der Waals surface area (Å²) in [7, 11) is 1.64. The van der Waals surface area contributed by atoms with E-state index in [1.54, 1.807) is 19.2 Å². The molecule has 2 fully saturated rings. The first-order valence-electron chi connectivity index (χ1n) is 12.7. The second-order valence-corrected chi connectivity index (χ2v) is 10.4. The van der Waals surface area contributed by atoms with Crippen molar-refractivity contribution in [2.24, 2.45) is 7.05 Å². The van der Waals surface area contributed by atoms with E-state index in [4.69, 9.17) is 4.42 Å². The third kappa shape index (κ3) is 5.50. The molecule has 2 aromatic carbocycles. The van der Waals surface area contributed by atoms with Crippen LogP contribution in [0.5, 0.6) is 0 Å². The highest BCUT2D eigenvalue weighted by atomic mass is 19.4. The van der Waals surface area contributed by atoms with Gasteiger partial charge in [-0.1, -0.05) is 24.3 Å². The maximum atomic E-state index is 12.8. The number of oxazole rings is 1. The number of nitrogens with one attached hydrogen (secondary N) is 2. The Hall–Kier alpha value is -3.15. The highest BCUT2D eigenvalue weighted by Crippen LogP contribution is 2.40. The van der Waals surface area contributed by atoms with Gasteiger partial charge in [-0.3, -0.25) is 14.3 Å². The SMILES string of the molecule is Cn1c(=O)oc2ccc(C3(O)CCC(N4CC(NC(=O)CNCc5cccc(C(F)(F)F)c5)C4)CC3)cc21. The number of aliphatic hydroxyl groups is 1. The van der Waals surface area contributed by atoms with Crippen molar-refractivity contribution < 1.29 is 27.5 Å². The van der Waals surface area contributed by atoms with Gasteiger partial charge in [-0.15, -0.1) is 0 Å². The molecule has 1 aliphatic carbocycles. The van der Waals surface area contributed by atoms with E-state index >= 15 is 0 Å². The lowest BCUT2D eigenvalue weighted by molar-refractivity contribution is -0.137. The summed E-state index contributed by atoms with van der Waals surface area (Å²) >= 11 is 0. The van der Waals surface area contributed by atoms with Gasteiger partial charge in [0.2, 0.25) is 5.91 Å². The van der Waals surface area contributed by atoms with Crippen molar-refractivity contribution >= 4 is 17.0 Å². The number of hydrogen-bond donors (Lipinski definition) is 3. The van der Waals surface area contributed by atoms with Gasteiger partial charge in [0, 0.05) is 32.7 Å². The molecule has 38 heavy (non-hydrogen) atoms. The molecule has 0 spiro atoms. The van der Waals surface area contributed by atoms with E-state index in [2.05, 4.69) is 15.5 Å². The molecule has 0 radical (unpaired) electrons. The number of carbonyl (C=O) groups excluding carboxylic acids is 1. The molecule has 8 nitrogen and oxygen atoms in total. The minimum Gasteiger partial charge on any atom is -0.408 e. The lowest BCUT2D eigenvalue weighted by Gasteiger charge is -2.48. The summed E-state index contributed by atoms with van der Waals surface area (Å²) in [5.74, 6) is -0.623. The van der Waals surface area contributed by atoms with E-state index in [1.165, 1.54) is 10.6 Å². The van der Waals surface area contributed by atoms with Gasteiger partial charge in [0.05, 0.1) is 29.3 Å². The predicted molar refractivity (Wildman–Crippen MR) is 134 cm³/mol. The van der Waals surface area contributed by atoms with Crippen molar-refractivity contribution in [3.63, 3.8) is 0 Å². The number of benzene rings is 2. The third-order valence-corrected chi connectivity index (χ3v) is 7.77. The van der Waals surface area contributed by atoms with Crippen LogP contribution in [0.25, 0.3) is 11.1 Å². The fraction of sp³-hybridized carbons (Fsp3) is 0.481. The highest BCUT2D eigenvalue weighted by molar-refractivity contribution is 5.78. The van der Waals surface area contributed by atoms with Gasteiger partial charge >= 0.3 is 11.9 Å². The molecule has 2 aliphatic rings. The number of fused-ring (bicyclic) bond motifs is 1. The van der Waals surface area contributed by atoms with Crippen LogP contribution in [0.1, 0.15) is 42.4 Å². The van der Waals surface area contributed by atoms with E-state index in [0.29, 0.717) is 35.5 Å². The second kappa shape index (κ2) is 10.2. The van der Waals surface area contributed by atoms with E-state index in [0.717, 1.165) is 43.6 Å². The number of rotatable bonds is 7. The minimum atomic E-state index is -4.39. The number of nitrogens with zero attached hydrogens (tertiary/aromatic N) is 2. The molecule has 1 saturated heterocycles. The summed E-state index contributed by atoms with van der Waals surface area (Å²) in [6.07, 6.45) is -1.56. The van der Waals surface area contributed by atoms with Gasteiger partial charge in [0.15, 0.2) is 5.58 Å². The maximum Gasteiger partial charge on any atom is 0.419 e. The first-order valence-corrected chi connectivity index (χ1v) is 12.7. The van der Waals surface area contributed by atoms with Crippen molar-refractivity contribution in [2.75, 3.05) is 19.6 Å². The number of aromatic nitrogens is 1. The Morgan fingerprint density at radius 2 is 1.89 bits per heavy atom. The Balaban J connectivity index is 1.04. The van der Waals surface area contributed by atoms with Crippen LogP contribution in [0.4, 0.5) is 13.2 Å². The summed E-state index contributed by atoms with van der Waals surface area (Å²) < 4.78 is 45.1. The molecule has 1 aliphatic heterocycles. The zero-order valence-electron chi connectivity index (χ0n) is 21.1. The molecule has 1 aromatic heterocycles. The molecule has 2 heterocycles. The van der Waals surface area contributed by atoms with Gasteiger partial charge in [-0.05, 0) is 55.0 Å². The van der Waals surface area contributed by atoms with E-state index < -0.39 is 23.1 Å². The highest BCUT2D eigenvalue weighted by Gasteiger charge is 2.40. The number of hydrogen-bond acceptors (Lipinski definition) is 6. The molecule has 1 saturated carbocycles. The topological polar surface area (TPSA) is 99.7 Å². The molecule has 0 unspecified atom stereocenters. The number of aryl methyl sites for hydroxylation is 1. The normalized spacial score (nSPS) is 22.9. The van der Waals surface area contributed by atoms with Crippen LogP contribution >= 0.6 is 0 Å². The van der Waals surface area contributed by atoms with E-state index in [9.17, 15) is 27.9 Å². The van der Waals surface area contributed by atoms with Gasteiger partial charge in [0.25, 0.3) is 0 Å². The Kier molecular flexibility index (Phi) is 7.10. The third-order valence-electron chi connectivity index (χ3n) is 7.77. The summed E-state index contributed by atoms with van der Waals surface area (Å²) in [4.78, 5) is 26.4. The Labute approximate surface area is 217 Å². The van der Waals surface area contributed by atoms with Crippen LogP contribution in [-0.4, -0.2) is 52.2 Å². The Morgan fingerprint density at radius 3 is 2.61 bits per heavy atom. The van der Waals surface area contributed by atoms with E-state index in [1.807, 2.05) is 12.1 Å². The van der Waals surface area contributed by atoms with Crippen molar-refractivity contribution in [3.8, 4) is 0 Å². The second-order valence-electron chi connectivity index (χ2n) is 10.4. The fourth-order valence-electron chi connectivity index (χ4n) is 5.51. The van der Waals surface area contributed by atoms with Crippen molar-refractivity contribution in [3.05, 3.63) is 69.7 Å². The molecule has 1 amide bonds. The molecule has 3 N–H and O–H groups in total. The standard InChI is InChI=1S/C27H31F3N4O4/c1-33-22-12-18(5-6-23(22)38-25(33)36)26(37)9-7-21(8-10-26)34-15-20(16-34)32-24(35)14-31-13-17-3-2-4-19(11-17)27(28,29)30/h2-6,11-12,20-21,31,37H,7-10,13-16H2,1H3,(H,32,35). The van der Waals surface area contributed by atoms with Crippen LogP contribution in [0.2, 0.25) is 0 Å². The van der Waals surface area contributed by atoms with Crippen molar-refractivity contribution in [1.82, 2.24) is 20.1 Å². The number of alkyl halides is 3. The lowest BCUT2D eigenvalue weighted by atomic mass is 9.76. The van der Waals surface area contributed by atoms with Crippen LogP contribution in [0.15, 0.2) is 51.7 Å². The number of halogens is 3. The zero-order valence-corrected chi connectivity index (χ0v) is 21.1. The van der Waals surface area contributed by atoms with E-state index in [-0.39, 0.29) is 25.0 Å². The first kappa shape index (κ1) is 26.5. The molecular weight excluding hydrogens is 501 g/mol. The summed E-state index contributed by atoms with van der Waals surface area (Å²) in [6.45, 7) is 1.65. The summed E-state index contributed by atoms with van der Waals surface area (Å²) in [5.41, 5.74) is 0.747. The Bertz CT molecular complexity index is 1370. The quantitative estimate of drug-likeness (QED) is 0.433. The van der Waals surface area contributed by atoms with Crippen LogP contribution < -0.4 is 16.4 Å². The van der Waals surface area contributed by atoms with Crippen molar-refractivity contribution in [1.29, 1.82) is 0 Å². The fourth-order valence-corrected chi connectivity index (χ4v) is 5.51. The van der Waals surface area contributed by atoms with Gasteiger partial charge in [-0.25, -0.2) is 4.79 Å². The predicted octanol–water partition coefficient (Wildman–Crippen LogP) is 2.87. The molecule has 0 atom stereocenters. The minimum absolute atomic E-state index is 0.0236. The molecule has 11 heteroatoms. The first-order chi connectivity index (χ1) is 18.0. The van der Waals surface area contributed by atoms with Gasteiger partial charge in [-0.2, -0.15) is 13.2 Å². The lowest BCUT2D eigenvalue weighted by Crippen LogP contribution is -2.63. The van der Waals surface area contributed by atoms with Crippen LogP contribution in [0, 0.1) is 0 Å². The summed E-state index contributed by atoms with van der Waals surface area (Å²) in [6, 6.07) is 10.8. The molecule has 5 rings (SSSR count). The van der Waals surface area contributed by atoms with Crippen LogP contribution in [-0.2, 0) is 30.2 Å². The number of amides is 1. The van der Waals surface area contributed by atoms with Gasteiger partial charge in [0.1, 0.15) is 0 Å². The molecule has 3 aromatic rings.